The minimum absolute atomic E-state index is 0.0945. The first-order valence-electron chi connectivity index (χ1n) is 9.79. The number of methoxy groups -OCH3 is 1. The van der Waals surface area contributed by atoms with Crippen molar-refractivity contribution in [1.82, 2.24) is 4.98 Å². The van der Waals surface area contributed by atoms with E-state index in [1.165, 1.54) is 11.8 Å². The van der Waals surface area contributed by atoms with E-state index in [1.54, 1.807) is 31.4 Å². The molecular weight excluding hydrogens is 400 g/mol. The lowest BCUT2D eigenvalue weighted by molar-refractivity contribution is 0.00688. The number of thioether (sulfide) groups is 1. The molecular formula is C22H24N4O3S. The minimum atomic E-state index is -0.458. The third kappa shape index (κ3) is 4.85. The van der Waals surface area contributed by atoms with Crippen LogP contribution in [0.4, 0.5) is 5.82 Å². The highest BCUT2D eigenvalue weighted by Gasteiger charge is 2.25. The molecule has 1 aliphatic carbocycles. The molecule has 1 heterocycles. The quantitative estimate of drug-likeness (QED) is 0.511. The van der Waals surface area contributed by atoms with Crippen molar-refractivity contribution < 1.29 is 14.6 Å². The van der Waals surface area contributed by atoms with Crippen LogP contribution in [0.2, 0.25) is 0 Å². The van der Waals surface area contributed by atoms with Crippen LogP contribution >= 0.6 is 11.8 Å². The molecule has 1 saturated carbocycles. The molecule has 1 aromatic carbocycles. The first-order valence-corrected chi connectivity index (χ1v) is 10.8. The monoisotopic (exact) mass is 424 g/mol. The fourth-order valence-electron chi connectivity index (χ4n) is 3.50. The van der Waals surface area contributed by atoms with Crippen LogP contribution in [0.25, 0.3) is 11.1 Å². The summed E-state index contributed by atoms with van der Waals surface area (Å²) in [6.07, 6.45) is 2.95. The number of hydrogen-bond donors (Lipinski definition) is 2. The Hall–Kier alpha value is -2.78. The second kappa shape index (κ2) is 10.3. The number of nitriles is 2. The van der Waals surface area contributed by atoms with Gasteiger partial charge >= 0.3 is 0 Å². The van der Waals surface area contributed by atoms with Crippen LogP contribution in [0.1, 0.15) is 36.8 Å². The summed E-state index contributed by atoms with van der Waals surface area (Å²) < 4.78 is 11.0. The largest absolute Gasteiger partial charge is 0.488 e. The fourth-order valence-corrected chi connectivity index (χ4v) is 4.40. The van der Waals surface area contributed by atoms with Crippen molar-refractivity contribution in [3.05, 3.63) is 35.4 Å². The van der Waals surface area contributed by atoms with E-state index in [9.17, 15) is 15.6 Å². The van der Waals surface area contributed by atoms with Gasteiger partial charge in [-0.25, -0.2) is 4.98 Å². The Balaban J connectivity index is 1.93. The van der Waals surface area contributed by atoms with Crippen LogP contribution in [-0.2, 0) is 4.74 Å². The van der Waals surface area contributed by atoms with E-state index in [4.69, 9.17) is 15.2 Å². The number of hydrogen-bond acceptors (Lipinski definition) is 8. The van der Waals surface area contributed by atoms with E-state index >= 15 is 0 Å². The summed E-state index contributed by atoms with van der Waals surface area (Å²) in [5, 5.41) is 30.0. The lowest BCUT2D eigenvalue weighted by Crippen LogP contribution is -2.34. The Kier molecular flexibility index (Phi) is 7.53. The zero-order valence-corrected chi connectivity index (χ0v) is 17.6. The standard InChI is InChI=1S/C22H24N4O3S/c1-28-10-11-30-22-17(13-24)20(16(12-23)21(25)26-22)14-6-8-15(9-7-14)29-19-5-3-2-4-18(19)27/h6-9,18-19,27H,2-5,10-11H2,1H3,(H2,25,26)/t18-,19-/m0/s1. The average molecular weight is 425 g/mol. The van der Waals surface area contributed by atoms with E-state index < -0.39 is 6.10 Å². The Morgan fingerprint density at radius 2 is 1.87 bits per heavy atom. The maximum Gasteiger partial charge on any atom is 0.143 e. The van der Waals surface area contributed by atoms with E-state index in [2.05, 4.69) is 17.1 Å². The summed E-state index contributed by atoms with van der Waals surface area (Å²) in [4.78, 5) is 4.26. The van der Waals surface area contributed by atoms with Gasteiger partial charge in [-0.2, -0.15) is 10.5 Å². The van der Waals surface area contributed by atoms with Crippen molar-refractivity contribution in [2.45, 2.75) is 42.9 Å². The molecule has 1 fully saturated rings. The molecule has 156 valence electrons. The fraction of sp³-hybridized carbons (Fsp3) is 0.409. The van der Waals surface area contributed by atoms with Crippen LogP contribution in [0, 0.1) is 22.7 Å². The molecule has 2 atom stereocenters. The van der Waals surface area contributed by atoms with Gasteiger partial charge < -0.3 is 20.3 Å². The molecule has 0 spiro atoms. The van der Waals surface area contributed by atoms with Gasteiger partial charge in [0, 0.05) is 18.4 Å². The van der Waals surface area contributed by atoms with E-state index in [0.717, 1.165) is 25.7 Å². The first-order chi connectivity index (χ1) is 14.6. The summed E-state index contributed by atoms with van der Waals surface area (Å²) in [6, 6.07) is 11.4. The molecule has 2 aromatic rings. The highest BCUT2D eigenvalue weighted by atomic mass is 32.2. The van der Waals surface area contributed by atoms with Gasteiger partial charge in [0.05, 0.1) is 18.3 Å². The molecule has 0 unspecified atom stereocenters. The highest BCUT2D eigenvalue weighted by Crippen LogP contribution is 2.36. The number of anilines is 1. The van der Waals surface area contributed by atoms with Crippen molar-refractivity contribution in [2.24, 2.45) is 0 Å². The first kappa shape index (κ1) is 21.9. The number of aliphatic hydroxyl groups is 1. The Bertz CT molecular complexity index is 966. The number of aliphatic hydroxyl groups excluding tert-OH is 1. The third-order valence-corrected chi connectivity index (χ3v) is 5.98. The number of ether oxygens (including phenoxy) is 2. The van der Waals surface area contributed by atoms with Gasteiger partial charge in [0.1, 0.15) is 40.4 Å². The molecule has 0 aliphatic heterocycles. The summed E-state index contributed by atoms with van der Waals surface area (Å²) >= 11 is 1.36. The third-order valence-electron chi connectivity index (χ3n) is 5.04. The number of aromatic nitrogens is 1. The van der Waals surface area contributed by atoms with Crippen LogP contribution < -0.4 is 10.5 Å². The van der Waals surface area contributed by atoms with Gasteiger partial charge in [0.15, 0.2) is 0 Å². The average Bonchev–Trinajstić information content (AvgIpc) is 2.76. The van der Waals surface area contributed by atoms with E-state index in [-0.39, 0.29) is 17.5 Å². The van der Waals surface area contributed by atoms with Gasteiger partial charge in [-0.15, -0.1) is 11.8 Å². The van der Waals surface area contributed by atoms with E-state index in [0.29, 0.717) is 39.8 Å². The summed E-state index contributed by atoms with van der Waals surface area (Å²) in [6.45, 7) is 0.505. The van der Waals surface area contributed by atoms with Crippen molar-refractivity contribution >= 4 is 17.6 Å². The Labute approximate surface area is 180 Å². The van der Waals surface area contributed by atoms with Gasteiger partial charge in [0.2, 0.25) is 0 Å². The predicted molar refractivity (Wildman–Crippen MR) is 115 cm³/mol. The van der Waals surface area contributed by atoms with Crippen molar-refractivity contribution in [3.8, 4) is 29.0 Å². The maximum atomic E-state index is 10.1. The second-order valence-electron chi connectivity index (χ2n) is 7.02. The molecule has 8 heteroatoms. The number of benzene rings is 1. The lowest BCUT2D eigenvalue weighted by Gasteiger charge is -2.28. The highest BCUT2D eigenvalue weighted by molar-refractivity contribution is 7.99. The zero-order chi connectivity index (χ0) is 21.5. The van der Waals surface area contributed by atoms with Crippen LogP contribution in [0.5, 0.6) is 5.75 Å². The number of nitrogen functional groups attached to an aromatic ring is 1. The van der Waals surface area contributed by atoms with Crippen molar-refractivity contribution in [2.75, 3.05) is 25.2 Å². The van der Waals surface area contributed by atoms with Crippen molar-refractivity contribution in [1.29, 1.82) is 10.5 Å². The molecule has 0 bridgehead atoms. The van der Waals surface area contributed by atoms with Crippen LogP contribution in [0.3, 0.4) is 0 Å². The number of nitrogens with zero attached hydrogens (tertiary/aromatic N) is 3. The van der Waals surface area contributed by atoms with Gasteiger partial charge in [0.25, 0.3) is 0 Å². The molecule has 3 rings (SSSR count). The molecule has 7 nitrogen and oxygen atoms in total. The molecule has 0 saturated heterocycles. The van der Waals surface area contributed by atoms with E-state index in [1.807, 2.05) is 0 Å². The van der Waals surface area contributed by atoms with Gasteiger partial charge in [-0.1, -0.05) is 18.6 Å². The maximum absolute atomic E-state index is 10.1. The van der Waals surface area contributed by atoms with Crippen molar-refractivity contribution in [3.63, 3.8) is 0 Å². The van der Waals surface area contributed by atoms with Gasteiger partial charge in [-0.05, 0) is 37.0 Å². The lowest BCUT2D eigenvalue weighted by atomic mass is 9.94. The van der Waals surface area contributed by atoms with Gasteiger partial charge in [-0.3, -0.25) is 0 Å². The topological polar surface area (TPSA) is 125 Å². The normalized spacial score (nSPS) is 18.4. The Morgan fingerprint density at radius 1 is 1.17 bits per heavy atom. The summed E-state index contributed by atoms with van der Waals surface area (Å²) in [5.74, 6) is 1.34. The number of rotatable bonds is 7. The summed E-state index contributed by atoms with van der Waals surface area (Å²) in [5.41, 5.74) is 7.68. The molecule has 1 aliphatic rings. The van der Waals surface area contributed by atoms with Crippen LogP contribution in [0.15, 0.2) is 29.3 Å². The summed E-state index contributed by atoms with van der Waals surface area (Å²) in [7, 11) is 1.60. The molecule has 3 N–H and O–H groups in total. The SMILES string of the molecule is COCCSc1nc(N)c(C#N)c(-c2ccc(O[C@H]3CCCC[C@@H]3O)cc2)c1C#N. The second-order valence-corrected chi connectivity index (χ2v) is 8.11. The Morgan fingerprint density at radius 3 is 2.50 bits per heavy atom. The molecule has 1 aromatic heterocycles. The smallest absolute Gasteiger partial charge is 0.143 e. The molecule has 0 amide bonds. The molecule has 0 radical (unpaired) electrons. The predicted octanol–water partition coefficient (Wildman–Crippen LogP) is 3.49. The number of nitrogens with two attached hydrogens (primary N) is 1. The number of pyridine rings is 1. The van der Waals surface area contributed by atoms with Crippen LogP contribution in [-0.4, -0.2) is 41.8 Å². The zero-order valence-electron chi connectivity index (χ0n) is 16.8. The molecule has 30 heavy (non-hydrogen) atoms. The minimum Gasteiger partial charge on any atom is -0.488 e.